The van der Waals surface area contributed by atoms with E-state index in [9.17, 15) is 45.3 Å². The van der Waals surface area contributed by atoms with Gasteiger partial charge in [-0.15, -0.1) is 10.8 Å². The molecule has 6 N–H and O–H groups in total. The highest BCUT2D eigenvalue weighted by atomic mass is 32.3. The number of alkyl halides is 6. The molecule has 0 spiro atoms. The number of benzene rings is 3. The summed E-state index contributed by atoms with van der Waals surface area (Å²) in [6.45, 7) is 2.09. The number of carbonyl (C=O) groups is 1. The fourth-order valence-electron chi connectivity index (χ4n) is 5.33. The number of aliphatic hydroxyl groups is 1. The Morgan fingerprint density at radius 1 is 0.915 bits per heavy atom. The molecule has 2 atom stereocenters. The van der Waals surface area contributed by atoms with Gasteiger partial charge in [-0.05, 0) is 73.7 Å². The lowest BCUT2D eigenvalue weighted by molar-refractivity contribution is -0.143. The molecule has 1 aliphatic rings. The summed E-state index contributed by atoms with van der Waals surface area (Å²) in [6, 6.07) is 14.1. The van der Waals surface area contributed by atoms with Crippen molar-refractivity contribution in [1.29, 1.82) is 0 Å². The molecule has 258 valence electrons. The number of rotatable bonds is 12. The zero-order valence-electron chi connectivity index (χ0n) is 25.5. The number of hydrogen-bond acceptors (Lipinski definition) is 7. The zero-order valence-corrected chi connectivity index (χ0v) is 26.4. The molecule has 1 amide bonds. The molecule has 0 aliphatic carbocycles. The van der Waals surface area contributed by atoms with Gasteiger partial charge in [0.15, 0.2) is 0 Å². The Balaban J connectivity index is 1.54. The van der Waals surface area contributed by atoms with Gasteiger partial charge in [-0.3, -0.25) is 18.2 Å². The highest BCUT2D eigenvalue weighted by Crippen LogP contribution is 2.50. The Hall–Kier alpha value is -3.50. The second kappa shape index (κ2) is 15.2. The summed E-state index contributed by atoms with van der Waals surface area (Å²) in [7, 11) is -3.08. The minimum Gasteiger partial charge on any atom is -0.390 e. The quantitative estimate of drug-likeness (QED) is 0.115. The van der Waals surface area contributed by atoms with Gasteiger partial charge in [0, 0.05) is 37.4 Å². The third kappa shape index (κ3) is 10.00. The van der Waals surface area contributed by atoms with Gasteiger partial charge in [-0.25, -0.2) is 0 Å². The van der Waals surface area contributed by atoms with E-state index in [0.717, 1.165) is 12.0 Å². The molecule has 0 bridgehead atoms. The molecule has 15 heteroatoms. The summed E-state index contributed by atoms with van der Waals surface area (Å²) in [6.07, 6.45) is -9.74. The summed E-state index contributed by atoms with van der Waals surface area (Å²) >= 11 is 0. The van der Waals surface area contributed by atoms with Crippen LogP contribution in [0, 0.1) is 0 Å². The molecule has 4 rings (SSSR count). The highest BCUT2D eigenvalue weighted by Gasteiger charge is 2.37. The van der Waals surface area contributed by atoms with Crippen molar-refractivity contribution in [3.63, 3.8) is 0 Å². The van der Waals surface area contributed by atoms with E-state index in [2.05, 4.69) is 16.0 Å². The lowest BCUT2D eigenvalue weighted by Crippen LogP contribution is -2.48. The third-order valence-corrected chi connectivity index (χ3v) is 9.58. The maximum Gasteiger partial charge on any atom is 0.416 e. The van der Waals surface area contributed by atoms with Gasteiger partial charge < -0.3 is 21.1 Å². The highest BCUT2D eigenvalue weighted by molar-refractivity contribution is 8.25. The molecular formula is C32H38F6N4O4S. The molecule has 3 aromatic rings. The van der Waals surface area contributed by atoms with E-state index in [-0.39, 0.29) is 35.9 Å². The zero-order chi connectivity index (χ0) is 34.4. The number of amides is 1. The van der Waals surface area contributed by atoms with Crippen molar-refractivity contribution in [2.24, 2.45) is 0 Å². The Morgan fingerprint density at radius 2 is 1.57 bits per heavy atom. The normalized spacial score (nSPS) is 17.1. The second-order valence-corrected chi connectivity index (χ2v) is 13.4. The van der Waals surface area contributed by atoms with Crippen LogP contribution in [0.2, 0.25) is 0 Å². The van der Waals surface area contributed by atoms with Crippen molar-refractivity contribution in [3.8, 4) is 0 Å². The van der Waals surface area contributed by atoms with Gasteiger partial charge in [0.05, 0.1) is 34.7 Å². The predicted molar refractivity (Wildman–Crippen MR) is 170 cm³/mol. The smallest absolute Gasteiger partial charge is 0.390 e. The van der Waals surface area contributed by atoms with Gasteiger partial charge in [0.1, 0.15) is 0 Å². The molecule has 47 heavy (non-hydrogen) atoms. The van der Waals surface area contributed by atoms with Crippen LogP contribution in [0.15, 0.2) is 66.7 Å². The molecule has 8 nitrogen and oxygen atoms in total. The van der Waals surface area contributed by atoms with Crippen molar-refractivity contribution in [2.45, 2.75) is 57.2 Å². The molecule has 1 fully saturated rings. The fourth-order valence-corrected chi connectivity index (χ4v) is 7.01. The van der Waals surface area contributed by atoms with Gasteiger partial charge in [0.2, 0.25) is 0 Å². The summed E-state index contributed by atoms with van der Waals surface area (Å²) in [5.74, 6) is -0.372. The standard InChI is InChI=1S/C32H38F6N4O4S/c1-2-40-26-15-23(16-27(18-26)42-10-6-7-11-47(42,45)46)30(44)41-28(14-21-8-4-3-5-9-21)29(43)20-39-19-22-12-24(31(33,34)35)17-25(13-22)32(36,37)38/h3-5,8-9,12-13,15-18,28-29,39-40,43,45-46H,2,6-7,10-11,14,19-20H2,1H3,(H,41,44)/t28-,29-/m0/s1. The first-order valence-electron chi connectivity index (χ1n) is 15.0. The van der Waals surface area contributed by atoms with E-state index < -0.39 is 58.9 Å². The van der Waals surface area contributed by atoms with E-state index in [1.165, 1.54) is 10.4 Å². The average molecular weight is 689 g/mol. The van der Waals surface area contributed by atoms with Crippen LogP contribution in [0.3, 0.4) is 0 Å². The van der Waals surface area contributed by atoms with Crippen molar-refractivity contribution < 1.29 is 45.3 Å². The van der Waals surface area contributed by atoms with E-state index in [4.69, 9.17) is 0 Å². The number of carbonyl (C=O) groups excluding carboxylic acids is 1. The molecule has 3 aromatic carbocycles. The van der Waals surface area contributed by atoms with Crippen LogP contribution in [0.5, 0.6) is 0 Å². The van der Waals surface area contributed by atoms with Crippen LogP contribution in [0.1, 0.15) is 52.4 Å². The van der Waals surface area contributed by atoms with Crippen LogP contribution in [0.4, 0.5) is 37.7 Å². The maximum absolute atomic E-state index is 13.6. The Bertz CT molecular complexity index is 1470. The topological polar surface area (TPSA) is 117 Å². The van der Waals surface area contributed by atoms with Crippen LogP contribution in [-0.4, -0.2) is 57.7 Å². The lowest BCUT2D eigenvalue weighted by atomic mass is 10.00. The number of nitrogens with zero attached hydrogens (tertiary/aromatic N) is 1. The van der Waals surface area contributed by atoms with Crippen molar-refractivity contribution in [2.75, 3.05) is 35.0 Å². The number of aliphatic hydroxyl groups excluding tert-OH is 1. The molecular weight excluding hydrogens is 650 g/mol. The van der Waals surface area contributed by atoms with Crippen LogP contribution in [-0.2, 0) is 25.3 Å². The number of nitrogens with one attached hydrogen (secondary N) is 3. The van der Waals surface area contributed by atoms with E-state index >= 15 is 0 Å². The van der Waals surface area contributed by atoms with Crippen LogP contribution >= 0.6 is 10.8 Å². The second-order valence-electron chi connectivity index (χ2n) is 11.3. The van der Waals surface area contributed by atoms with Crippen molar-refractivity contribution in [3.05, 3.63) is 94.5 Å². The first-order chi connectivity index (χ1) is 22.1. The van der Waals surface area contributed by atoms with Gasteiger partial charge in [-0.2, -0.15) is 26.3 Å². The molecule has 1 heterocycles. The Kier molecular flexibility index (Phi) is 11.7. The van der Waals surface area contributed by atoms with E-state index in [0.29, 0.717) is 43.0 Å². The van der Waals surface area contributed by atoms with Crippen LogP contribution in [0.25, 0.3) is 0 Å². The summed E-state index contributed by atoms with van der Waals surface area (Å²) < 4.78 is 103. The predicted octanol–water partition coefficient (Wildman–Crippen LogP) is 6.91. The summed E-state index contributed by atoms with van der Waals surface area (Å²) in [5.41, 5.74) is -1.21. The average Bonchev–Trinajstić information content (AvgIpc) is 3.00. The van der Waals surface area contributed by atoms with Crippen LogP contribution < -0.4 is 20.3 Å². The SMILES string of the molecule is CCNc1cc(C(=O)N[C@@H](Cc2ccccc2)[C@@H](O)CNCc2cc(C(F)(F)F)cc(C(F)(F)F)c2)cc(N2CCCCS2(O)O)c1. The lowest BCUT2D eigenvalue weighted by Gasteiger charge is -2.47. The maximum atomic E-state index is 13.6. The first-order valence-corrected chi connectivity index (χ1v) is 16.7. The van der Waals surface area contributed by atoms with Crippen molar-refractivity contribution in [1.82, 2.24) is 10.6 Å². The summed E-state index contributed by atoms with van der Waals surface area (Å²) in [4.78, 5) is 13.6. The first kappa shape index (κ1) is 36.3. The Morgan fingerprint density at radius 3 is 2.17 bits per heavy atom. The minimum atomic E-state index is -4.99. The van der Waals surface area contributed by atoms with Gasteiger partial charge in [0.25, 0.3) is 5.91 Å². The Labute approximate surface area is 270 Å². The fraction of sp³-hybridized carbons (Fsp3) is 0.406. The molecule has 1 aliphatic heterocycles. The van der Waals surface area contributed by atoms with E-state index in [1.54, 1.807) is 42.5 Å². The third-order valence-electron chi connectivity index (χ3n) is 7.64. The monoisotopic (exact) mass is 688 g/mol. The number of anilines is 2. The molecule has 0 aromatic heterocycles. The van der Waals surface area contributed by atoms with E-state index in [1.807, 2.05) is 6.92 Å². The minimum absolute atomic E-state index is 0.0495. The molecule has 0 unspecified atom stereocenters. The summed E-state index contributed by atoms with van der Waals surface area (Å²) in [5, 5.41) is 19.8. The molecule has 1 saturated heterocycles. The largest absolute Gasteiger partial charge is 0.416 e. The molecule has 0 saturated carbocycles. The molecule has 0 radical (unpaired) electrons. The van der Waals surface area contributed by atoms with Gasteiger partial charge in [-0.1, -0.05) is 30.3 Å². The van der Waals surface area contributed by atoms with Gasteiger partial charge >= 0.3 is 12.4 Å². The number of hydrogen-bond donors (Lipinski definition) is 6. The number of halogens is 6. The van der Waals surface area contributed by atoms with Crippen molar-refractivity contribution >= 4 is 28.1 Å².